The predicted octanol–water partition coefficient (Wildman–Crippen LogP) is 2.59. The topological polar surface area (TPSA) is 15.3 Å². The average Bonchev–Trinajstić information content (AvgIpc) is 2.30. The second-order valence-electron chi connectivity index (χ2n) is 5.20. The van der Waals surface area contributed by atoms with Crippen LogP contribution in [0.1, 0.15) is 40.0 Å². The molecule has 1 fully saturated rings. The Hall–Kier alpha value is 0.270. The standard InChI is InChI=1S/C13H28N2S/c1-5-7-12-10-14-13(3,6-2)11-15(12)8-9-16-4/h12,14H,5-11H2,1-4H3. The van der Waals surface area contributed by atoms with E-state index in [1.807, 2.05) is 11.8 Å². The Morgan fingerprint density at radius 2 is 2.19 bits per heavy atom. The van der Waals surface area contributed by atoms with E-state index in [4.69, 9.17) is 0 Å². The molecule has 0 spiro atoms. The highest BCUT2D eigenvalue weighted by atomic mass is 32.2. The van der Waals surface area contributed by atoms with Gasteiger partial charge in [-0.15, -0.1) is 0 Å². The van der Waals surface area contributed by atoms with Gasteiger partial charge in [-0.1, -0.05) is 20.3 Å². The zero-order valence-corrected chi connectivity index (χ0v) is 12.2. The van der Waals surface area contributed by atoms with Gasteiger partial charge in [0.15, 0.2) is 0 Å². The second kappa shape index (κ2) is 6.87. The zero-order valence-electron chi connectivity index (χ0n) is 11.4. The molecule has 0 saturated carbocycles. The molecule has 16 heavy (non-hydrogen) atoms. The Balaban J connectivity index is 2.54. The van der Waals surface area contributed by atoms with Crippen LogP contribution in [0.5, 0.6) is 0 Å². The van der Waals surface area contributed by atoms with E-state index in [0.29, 0.717) is 5.54 Å². The van der Waals surface area contributed by atoms with Crippen molar-refractivity contribution in [1.29, 1.82) is 0 Å². The van der Waals surface area contributed by atoms with Crippen LogP contribution in [-0.2, 0) is 0 Å². The second-order valence-corrected chi connectivity index (χ2v) is 6.19. The minimum atomic E-state index is 0.336. The third-order valence-corrected chi connectivity index (χ3v) is 4.41. The van der Waals surface area contributed by atoms with Crippen molar-refractivity contribution in [2.75, 3.05) is 31.6 Å². The van der Waals surface area contributed by atoms with Crippen molar-refractivity contribution < 1.29 is 0 Å². The Morgan fingerprint density at radius 3 is 2.75 bits per heavy atom. The summed E-state index contributed by atoms with van der Waals surface area (Å²) < 4.78 is 0. The SMILES string of the molecule is CCCC1CNC(C)(CC)CN1CCSC. The minimum absolute atomic E-state index is 0.336. The summed E-state index contributed by atoms with van der Waals surface area (Å²) in [6.45, 7) is 10.6. The lowest BCUT2D eigenvalue weighted by Crippen LogP contribution is -2.62. The molecule has 0 bridgehead atoms. The Bertz CT molecular complexity index is 198. The van der Waals surface area contributed by atoms with Crippen LogP contribution < -0.4 is 5.32 Å². The van der Waals surface area contributed by atoms with Gasteiger partial charge in [-0.05, 0) is 26.0 Å². The van der Waals surface area contributed by atoms with Crippen LogP contribution in [0.25, 0.3) is 0 Å². The minimum Gasteiger partial charge on any atom is -0.309 e. The van der Waals surface area contributed by atoms with Gasteiger partial charge in [0.25, 0.3) is 0 Å². The van der Waals surface area contributed by atoms with Crippen molar-refractivity contribution in [2.24, 2.45) is 0 Å². The normalized spacial score (nSPS) is 31.9. The molecule has 2 unspecified atom stereocenters. The van der Waals surface area contributed by atoms with Crippen molar-refractivity contribution in [1.82, 2.24) is 10.2 Å². The van der Waals surface area contributed by atoms with E-state index in [0.717, 1.165) is 6.04 Å². The first kappa shape index (κ1) is 14.3. The summed E-state index contributed by atoms with van der Waals surface area (Å²) in [5.74, 6) is 1.26. The fourth-order valence-electron chi connectivity index (χ4n) is 2.45. The maximum absolute atomic E-state index is 3.74. The van der Waals surface area contributed by atoms with E-state index < -0.39 is 0 Å². The number of hydrogen-bond donors (Lipinski definition) is 1. The molecule has 1 aliphatic rings. The summed E-state index contributed by atoms with van der Waals surface area (Å²) in [4.78, 5) is 2.71. The molecule has 0 radical (unpaired) electrons. The van der Waals surface area contributed by atoms with Crippen LogP contribution >= 0.6 is 11.8 Å². The Morgan fingerprint density at radius 1 is 1.44 bits per heavy atom. The van der Waals surface area contributed by atoms with E-state index >= 15 is 0 Å². The molecule has 2 atom stereocenters. The van der Waals surface area contributed by atoms with Crippen LogP contribution in [0.15, 0.2) is 0 Å². The van der Waals surface area contributed by atoms with Gasteiger partial charge in [-0.3, -0.25) is 4.90 Å². The maximum atomic E-state index is 3.74. The van der Waals surface area contributed by atoms with Crippen molar-refractivity contribution in [3.05, 3.63) is 0 Å². The molecule has 3 heteroatoms. The van der Waals surface area contributed by atoms with Gasteiger partial charge in [-0.2, -0.15) is 11.8 Å². The summed E-state index contributed by atoms with van der Waals surface area (Å²) in [5.41, 5.74) is 0.336. The van der Waals surface area contributed by atoms with Crippen molar-refractivity contribution in [3.63, 3.8) is 0 Å². The van der Waals surface area contributed by atoms with Gasteiger partial charge in [0.05, 0.1) is 0 Å². The van der Waals surface area contributed by atoms with Crippen LogP contribution in [0.2, 0.25) is 0 Å². The number of rotatable bonds is 6. The smallest absolute Gasteiger partial charge is 0.0278 e. The van der Waals surface area contributed by atoms with Gasteiger partial charge in [0, 0.05) is 37.0 Å². The number of piperazine rings is 1. The molecule has 1 aliphatic heterocycles. The lowest BCUT2D eigenvalue weighted by atomic mass is 9.92. The highest BCUT2D eigenvalue weighted by Crippen LogP contribution is 2.21. The van der Waals surface area contributed by atoms with E-state index in [9.17, 15) is 0 Å². The molecule has 0 aromatic rings. The summed E-state index contributed by atoms with van der Waals surface area (Å²) in [6.07, 6.45) is 6.06. The fourth-order valence-corrected chi connectivity index (χ4v) is 2.87. The van der Waals surface area contributed by atoms with Crippen LogP contribution in [-0.4, -0.2) is 48.1 Å². The highest BCUT2D eigenvalue weighted by Gasteiger charge is 2.33. The molecule has 2 nitrogen and oxygen atoms in total. The van der Waals surface area contributed by atoms with E-state index in [-0.39, 0.29) is 0 Å². The molecule has 0 aliphatic carbocycles. The van der Waals surface area contributed by atoms with Crippen LogP contribution in [0.4, 0.5) is 0 Å². The van der Waals surface area contributed by atoms with Gasteiger partial charge in [0.1, 0.15) is 0 Å². The molecule has 0 aromatic carbocycles. The monoisotopic (exact) mass is 244 g/mol. The summed E-state index contributed by atoms with van der Waals surface area (Å²) >= 11 is 1.96. The van der Waals surface area contributed by atoms with Gasteiger partial charge in [-0.25, -0.2) is 0 Å². The third kappa shape index (κ3) is 3.94. The number of nitrogens with one attached hydrogen (secondary N) is 1. The van der Waals surface area contributed by atoms with Gasteiger partial charge >= 0.3 is 0 Å². The van der Waals surface area contributed by atoms with E-state index in [2.05, 4.69) is 37.2 Å². The number of thioether (sulfide) groups is 1. The fraction of sp³-hybridized carbons (Fsp3) is 1.00. The molecular formula is C13H28N2S. The van der Waals surface area contributed by atoms with Crippen LogP contribution in [0.3, 0.4) is 0 Å². The molecule has 0 amide bonds. The molecule has 1 N–H and O–H groups in total. The largest absolute Gasteiger partial charge is 0.309 e. The van der Waals surface area contributed by atoms with Crippen molar-refractivity contribution >= 4 is 11.8 Å². The lowest BCUT2D eigenvalue weighted by molar-refractivity contribution is 0.0854. The summed E-state index contributed by atoms with van der Waals surface area (Å²) in [7, 11) is 0. The zero-order chi connectivity index (χ0) is 12.0. The molecule has 96 valence electrons. The molecule has 0 aromatic heterocycles. The first-order valence-electron chi connectivity index (χ1n) is 6.63. The van der Waals surface area contributed by atoms with Gasteiger partial charge < -0.3 is 5.32 Å². The van der Waals surface area contributed by atoms with Crippen molar-refractivity contribution in [3.8, 4) is 0 Å². The first-order valence-corrected chi connectivity index (χ1v) is 8.02. The Kier molecular flexibility index (Phi) is 6.16. The third-order valence-electron chi connectivity index (χ3n) is 3.82. The highest BCUT2D eigenvalue weighted by molar-refractivity contribution is 7.98. The molecule has 1 heterocycles. The first-order chi connectivity index (χ1) is 7.65. The average molecular weight is 244 g/mol. The lowest BCUT2D eigenvalue weighted by Gasteiger charge is -2.46. The van der Waals surface area contributed by atoms with E-state index in [1.165, 1.54) is 44.6 Å². The maximum Gasteiger partial charge on any atom is 0.0278 e. The number of nitrogens with zero attached hydrogens (tertiary/aromatic N) is 1. The van der Waals surface area contributed by atoms with Crippen molar-refractivity contribution in [2.45, 2.75) is 51.6 Å². The number of hydrogen-bond acceptors (Lipinski definition) is 3. The van der Waals surface area contributed by atoms with E-state index in [1.54, 1.807) is 0 Å². The Labute approximate surface area is 106 Å². The van der Waals surface area contributed by atoms with Gasteiger partial charge in [0.2, 0.25) is 0 Å². The predicted molar refractivity (Wildman–Crippen MR) is 75.3 cm³/mol. The van der Waals surface area contributed by atoms with Crippen LogP contribution in [0, 0.1) is 0 Å². The molecular weight excluding hydrogens is 216 g/mol. The molecule has 1 saturated heterocycles. The molecule has 1 rings (SSSR count). The quantitative estimate of drug-likeness (QED) is 0.773. The summed E-state index contributed by atoms with van der Waals surface area (Å²) in [6, 6.07) is 0.761. The summed E-state index contributed by atoms with van der Waals surface area (Å²) in [5, 5.41) is 3.74.